The molecule has 178 valence electrons. The minimum absolute atomic E-state index is 0.00429. The number of hydrogen-bond acceptors (Lipinski definition) is 5. The summed E-state index contributed by atoms with van der Waals surface area (Å²) in [6, 6.07) is 18.0. The fourth-order valence-corrected chi connectivity index (χ4v) is 3.78. The number of rotatable bonds is 7. The Balaban J connectivity index is 1.74. The minimum Gasteiger partial charge on any atom is -0.350 e. The van der Waals surface area contributed by atoms with Gasteiger partial charge in [-0.05, 0) is 49.2 Å². The van der Waals surface area contributed by atoms with Crippen molar-refractivity contribution in [2.75, 3.05) is 6.54 Å². The smallest absolute Gasteiger partial charge is 0.350 e. The molecule has 0 aliphatic rings. The van der Waals surface area contributed by atoms with Crippen molar-refractivity contribution >= 4 is 17.5 Å². The monoisotopic (exact) mass is 489 g/mol. The van der Waals surface area contributed by atoms with Crippen LogP contribution >= 0.6 is 11.6 Å². The number of hydrogen-bond donors (Lipinski definition) is 1. The van der Waals surface area contributed by atoms with E-state index in [9.17, 15) is 14.4 Å². The highest BCUT2D eigenvalue weighted by atomic mass is 35.5. The second-order valence-electron chi connectivity index (χ2n) is 8.18. The Hall–Kier alpha value is -4.04. The van der Waals surface area contributed by atoms with Gasteiger partial charge in [0.2, 0.25) is 5.69 Å². The molecular formula is C26H24ClN5O3. The number of aromatic nitrogens is 4. The van der Waals surface area contributed by atoms with Crippen LogP contribution in [0.3, 0.4) is 0 Å². The van der Waals surface area contributed by atoms with E-state index in [2.05, 4.69) is 15.4 Å². The third-order valence-electron chi connectivity index (χ3n) is 5.49. The summed E-state index contributed by atoms with van der Waals surface area (Å²) in [4.78, 5) is 43.8. The Bertz CT molecular complexity index is 1500. The van der Waals surface area contributed by atoms with Gasteiger partial charge in [0.05, 0.1) is 12.2 Å². The molecule has 4 aromatic rings. The average molecular weight is 490 g/mol. The molecule has 0 spiro atoms. The number of benzene rings is 2. The molecule has 0 aliphatic carbocycles. The van der Waals surface area contributed by atoms with E-state index in [1.54, 1.807) is 24.4 Å². The summed E-state index contributed by atoms with van der Waals surface area (Å²) in [5.74, 6) is -0.670. The van der Waals surface area contributed by atoms with Crippen molar-refractivity contribution in [1.29, 1.82) is 0 Å². The van der Waals surface area contributed by atoms with Crippen LogP contribution in [0.2, 0.25) is 5.02 Å². The van der Waals surface area contributed by atoms with Crippen molar-refractivity contribution in [2.45, 2.75) is 26.8 Å². The van der Waals surface area contributed by atoms with E-state index in [4.69, 9.17) is 11.6 Å². The number of carbonyl (C=O) groups is 1. The van der Waals surface area contributed by atoms with Crippen molar-refractivity contribution in [3.8, 4) is 5.69 Å². The predicted molar refractivity (Wildman–Crippen MR) is 134 cm³/mol. The van der Waals surface area contributed by atoms with E-state index >= 15 is 0 Å². The summed E-state index contributed by atoms with van der Waals surface area (Å²) >= 11 is 6.27. The zero-order valence-corrected chi connectivity index (χ0v) is 20.1. The Morgan fingerprint density at radius 2 is 1.86 bits per heavy atom. The number of aryl methyl sites for hydroxylation is 2. The first kappa shape index (κ1) is 24.1. The number of carbonyl (C=O) groups excluding carboxylic acids is 1. The third-order valence-corrected chi connectivity index (χ3v) is 5.90. The minimum atomic E-state index is -0.763. The van der Waals surface area contributed by atoms with Crippen molar-refractivity contribution in [3.05, 3.63) is 121 Å². The SMILES string of the molecule is Cc1cccc(Cn2c(=O)c(C(=O)NCCc3ccccn3)nn(-c3ccc(C)c(Cl)c3)c2=O)c1. The van der Waals surface area contributed by atoms with Gasteiger partial charge in [-0.25, -0.2) is 4.79 Å². The summed E-state index contributed by atoms with van der Waals surface area (Å²) in [6.45, 7) is 4.01. The lowest BCUT2D eigenvalue weighted by Crippen LogP contribution is -2.46. The van der Waals surface area contributed by atoms with Crippen LogP contribution in [-0.4, -0.2) is 31.8 Å². The van der Waals surface area contributed by atoms with Gasteiger partial charge in [-0.3, -0.25) is 19.1 Å². The molecule has 8 nitrogen and oxygen atoms in total. The molecule has 0 radical (unpaired) electrons. The van der Waals surface area contributed by atoms with Crippen LogP contribution in [0.1, 0.15) is 32.9 Å². The van der Waals surface area contributed by atoms with E-state index in [0.29, 0.717) is 17.1 Å². The van der Waals surface area contributed by atoms with Gasteiger partial charge in [0, 0.05) is 29.9 Å². The van der Waals surface area contributed by atoms with Crippen molar-refractivity contribution in [3.63, 3.8) is 0 Å². The summed E-state index contributed by atoms with van der Waals surface area (Å²) in [6.07, 6.45) is 2.16. The molecular weight excluding hydrogens is 466 g/mol. The first-order valence-corrected chi connectivity index (χ1v) is 11.5. The van der Waals surface area contributed by atoms with E-state index in [0.717, 1.165) is 31.6 Å². The average Bonchev–Trinajstić information content (AvgIpc) is 2.84. The summed E-state index contributed by atoms with van der Waals surface area (Å²) < 4.78 is 2.05. The van der Waals surface area contributed by atoms with Gasteiger partial charge >= 0.3 is 5.69 Å². The maximum absolute atomic E-state index is 13.3. The summed E-state index contributed by atoms with van der Waals surface area (Å²) in [5.41, 5.74) is 1.91. The highest BCUT2D eigenvalue weighted by Crippen LogP contribution is 2.18. The first-order chi connectivity index (χ1) is 16.8. The maximum Gasteiger partial charge on any atom is 0.352 e. The normalized spacial score (nSPS) is 10.8. The number of amides is 1. The van der Waals surface area contributed by atoms with E-state index in [1.807, 2.05) is 56.3 Å². The fourth-order valence-electron chi connectivity index (χ4n) is 3.61. The van der Waals surface area contributed by atoms with E-state index in [-0.39, 0.29) is 18.8 Å². The number of halogens is 1. The van der Waals surface area contributed by atoms with Crippen LogP contribution in [-0.2, 0) is 13.0 Å². The molecule has 4 rings (SSSR count). The lowest BCUT2D eigenvalue weighted by Gasteiger charge is -2.13. The van der Waals surface area contributed by atoms with Crippen LogP contribution < -0.4 is 16.6 Å². The van der Waals surface area contributed by atoms with Crippen LogP contribution in [0.25, 0.3) is 5.69 Å². The Labute approximate surface area is 206 Å². The van der Waals surface area contributed by atoms with Gasteiger partial charge in [0.15, 0.2) is 0 Å². The Morgan fingerprint density at radius 1 is 1.03 bits per heavy atom. The molecule has 2 aromatic heterocycles. The maximum atomic E-state index is 13.3. The molecule has 0 saturated carbocycles. The van der Waals surface area contributed by atoms with Gasteiger partial charge in [0.1, 0.15) is 0 Å². The number of nitrogens with zero attached hydrogens (tertiary/aromatic N) is 4. The highest BCUT2D eigenvalue weighted by molar-refractivity contribution is 6.31. The van der Waals surface area contributed by atoms with Crippen LogP contribution in [0, 0.1) is 13.8 Å². The second-order valence-corrected chi connectivity index (χ2v) is 8.59. The molecule has 0 fully saturated rings. The molecule has 0 bridgehead atoms. The van der Waals surface area contributed by atoms with Gasteiger partial charge in [-0.15, -0.1) is 0 Å². The van der Waals surface area contributed by atoms with Gasteiger partial charge in [-0.1, -0.05) is 53.6 Å². The molecule has 0 atom stereocenters. The molecule has 2 aromatic carbocycles. The van der Waals surface area contributed by atoms with E-state index in [1.165, 1.54) is 0 Å². The van der Waals surface area contributed by atoms with Crippen molar-refractivity contribution in [1.82, 2.24) is 24.6 Å². The number of nitrogens with one attached hydrogen (secondary N) is 1. The Kier molecular flexibility index (Phi) is 7.22. The van der Waals surface area contributed by atoms with Gasteiger partial charge < -0.3 is 5.32 Å². The molecule has 0 unspecified atom stereocenters. The van der Waals surface area contributed by atoms with Crippen LogP contribution in [0.4, 0.5) is 0 Å². The predicted octanol–water partition coefficient (Wildman–Crippen LogP) is 3.08. The molecule has 35 heavy (non-hydrogen) atoms. The Morgan fingerprint density at radius 3 is 2.57 bits per heavy atom. The molecule has 0 saturated heterocycles. The lowest BCUT2D eigenvalue weighted by atomic mass is 10.1. The molecule has 2 heterocycles. The largest absolute Gasteiger partial charge is 0.352 e. The first-order valence-electron chi connectivity index (χ1n) is 11.1. The van der Waals surface area contributed by atoms with Gasteiger partial charge in [0.25, 0.3) is 11.5 Å². The standard InChI is InChI=1S/C26H24ClN5O3/c1-17-6-5-7-19(14-17)16-31-25(34)23(24(33)29-13-11-20-8-3-4-12-28-20)30-32(26(31)35)21-10-9-18(2)22(27)15-21/h3-10,12,14-15H,11,13,16H2,1-2H3,(H,29,33). The van der Waals surface area contributed by atoms with Crippen molar-refractivity contribution in [2.24, 2.45) is 0 Å². The molecule has 1 N–H and O–H groups in total. The van der Waals surface area contributed by atoms with Crippen LogP contribution in [0.15, 0.2) is 76.4 Å². The van der Waals surface area contributed by atoms with Gasteiger partial charge in [-0.2, -0.15) is 9.78 Å². The molecule has 0 aliphatic heterocycles. The zero-order valence-electron chi connectivity index (χ0n) is 19.4. The number of pyridine rings is 1. The van der Waals surface area contributed by atoms with E-state index < -0.39 is 17.2 Å². The van der Waals surface area contributed by atoms with Crippen LogP contribution in [0.5, 0.6) is 0 Å². The lowest BCUT2D eigenvalue weighted by molar-refractivity contribution is 0.0944. The molecule has 9 heteroatoms. The zero-order chi connectivity index (χ0) is 24.9. The van der Waals surface area contributed by atoms with Crippen molar-refractivity contribution < 1.29 is 4.79 Å². The highest BCUT2D eigenvalue weighted by Gasteiger charge is 2.20. The molecule has 1 amide bonds. The third kappa shape index (κ3) is 5.55. The quantitative estimate of drug-likeness (QED) is 0.430. The second kappa shape index (κ2) is 10.5. The topological polar surface area (TPSA) is 98.9 Å². The fraction of sp³-hybridized carbons (Fsp3) is 0.192. The summed E-state index contributed by atoms with van der Waals surface area (Å²) in [5, 5.41) is 7.29. The summed E-state index contributed by atoms with van der Waals surface area (Å²) in [7, 11) is 0.